The van der Waals surface area contributed by atoms with E-state index in [1.54, 1.807) is 30.3 Å². The van der Waals surface area contributed by atoms with Gasteiger partial charge in [-0.05, 0) is 96.8 Å². The molecule has 11 heteroatoms. The largest absolute Gasteiger partial charge is 0.416 e. The molecule has 5 nitrogen and oxygen atoms in total. The minimum absolute atomic E-state index is 0.0119. The van der Waals surface area contributed by atoms with E-state index in [0.717, 1.165) is 79.2 Å². The highest BCUT2D eigenvalue weighted by Gasteiger charge is 2.34. The van der Waals surface area contributed by atoms with Crippen LogP contribution in [0.2, 0.25) is 0 Å². The Kier molecular flexibility index (Phi) is 10.4. The Morgan fingerprint density at radius 3 is 1.12 bits per heavy atom. The van der Waals surface area contributed by atoms with Crippen LogP contribution in [0.1, 0.15) is 22.3 Å². The molecule has 72 heavy (non-hydrogen) atoms. The van der Waals surface area contributed by atoms with E-state index < -0.39 is 23.5 Å². The second-order valence-electron chi connectivity index (χ2n) is 18.0. The molecule has 9 aromatic carbocycles. The number of para-hydroxylation sites is 2. The third-order valence-corrected chi connectivity index (χ3v) is 13.4. The predicted octanol–water partition coefficient (Wildman–Crippen LogP) is 17.1. The van der Waals surface area contributed by atoms with Crippen LogP contribution < -0.4 is 0 Å². The van der Waals surface area contributed by atoms with E-state index in [-0.39, 0.29) is 28.6 Å². The fourth-order valence-corrected chi connectivity index (χ4v) is 9.82. The molecule has 12 rings (SSSR count). The monoisotopic (exact) mass is 955 g/mol. The van der Waals surface area contributed by atoms with Crippen LogP contribution >= 0.6 is 0 Å². The van der Waals surface area contributed by atoms with Gasteiger partial charge >= 0.3 is 12.4 Å². The van der Waals surface area contributed by atoms with Gasteiger partial charge in [0.1, 0.15) is 0 Å². The summed E-state index contributed by atoms with van der Waals surface area (Å²) >= 11 is 0. The standard InChI is InChI=1S/C61H39F6N5/c1-36-16-20-38(21-17-36)41-24-28-47-45-12-6-8-14-51(45)71(55(47)32-41)53-30-26-43(60(62,63)64)34-49(53)58-68-57(40-10-4-3-5-11-40)69-59(70-58)50-35-44(61(65,66)67)27-31-54(50)72-52-15-9-7-13-46(52)48-29-25-42(33-56(48)72)39-22-18-37(2)19-23-39/h3-35H,1-2H3. The van der Waals surface area contributed by atoms with Gasteiger partial charge in [0.25, 0.3) is 0 Å². The van der Waals surface area contributed by atoms with Crippen molar-refractivity contribution in [2.75, 3.05) is 0 Å². The number of aromatic nitrogens is 5. The molecule has 0 saturated heterocycles. The molecule has 0 amide bonds. The maximum Gasteiger partial charge on any atom is 0.416 e. The molecule has 0 atom stereocenters. The number of halogens is 6. The van der Waals surface area contributed by atoms with Crippen LogP contribution in [0.3, 0.4) is 0 Å². The van der Waals surface area contributed by atoms with Crippen molar-refractivity contribution in [3.63, 3.8) is 0 Å². The minimum atomic E-state index is -4.78. The van der Waals surface area contributed by atoms with Crippen molar-refractivity contribution in [2.45, 2.75) is 26.2 Å². The zero-order valence-electron chi connectivity index (χ0n) is 38.6. The summed E-state index contributed by atoms with van der Waals surface area (Å²) in [5.41, 5.74) is 7.89. The van der Waals surface area contributed by atoms with E-state index >= 15 is 26.3 Å². The molecule has 0 bridgehead atoms. The van der Waals surface area contributed by atoms with Crippen molar-refractivity contribution < 1.29 is 26.3 Å². The van der Waals surface area contributed by atoms with Crippen molar-refractivity contribution in [3.05, 3.63) is 222 Å². The van der Waals surface area contributed by atoms with Crippen LogP contribution in [-0.4, -0.2) is 24.1 Å². The van der Waals surface area contributed by atoms with Crippen molar-refractivity contribution in [1.29, 1.82) is 0 Å². The molecule has 0 fully saturated rings. The Morgan fingerprint density at radius 1 is 0.319 bits per heavy atom. The lowest BCUT2D eigenvalue weighted by molar-refractivity contribution is -0.138. The summed E-state index contributed by atoms with van der Waals surface area (Å²) < 4.78 is 94.0. The molecular weight excluding hydrogens is 917 g/mol. The summed E-state index contributed by atoms with van der Waals surface area (Å²) in [4.78, 5) is 14.8. The van der Waals surface area contributed by atoms with Gasteiger partial charge in [-0.1, -0.05) is 151 Å². The number of aryl methyl sites for hydroxylation is 2. The molecule has 12 aromatic rings. The third kappa shape index (κ3) is 7.74. The van der Waals surface area contributed by atoms with Gasteiger partial charge in [-0.3, -0.25) is 0 Å². The SMILES string of the molecule is Cc1ccc(-c2ccc3c4ccccc4n(-c4ccc(C(F)(F)F)cc4-c4nc(-c5ccccc5)nc(-c5cc(C(F)(F)F)ccc5-n5c6ccccc6c6ccc(-c7ccc(C)cc7)cc65)n4)c3c2)cc1. The summed E-state index contributed by atoms with van der Waals surface area (Å²) in [5.74, 6) is -0.296. The van der Waals surface area contributed by atoms with Gasteiger partial charge in [0.2, 0.25) is 0 Å². The molecule has 0 N–H and O–H groups in total. The normalized spacial score (nSPS) is 12.2. The van der Waals surface area contributed by atoms with Gasteiger partial charge in [-0.2, -0.15) is 26.3 Å². The highest BCUT2D eigenvalue weighted by molar-refractivity contribution is 6.12. The molecule has 0 aliphatic carbocycles. The first-order chi connectivity index (χ1) is 34.8. The highest BCUT2D eigenvalue weighted by Crippen LogP contribution is 2.44. The van der Waals surface area contributed by atoms with Gasteiger partial charge in [0.15, 0.2) is 17.5 Å². The summed E-state index contributed by atoms with van der Waals surface area (Å²) in [6.45, 7) is 4.01. The zero-order valence-corrected chi connectivity index (χ0v) is 38.6. The lowest BCUT2D eigenvalue weighted by atomic mass is 10.0. The van der Waals surface area contributed by atoms with Crippen molar-refractivity contribution in [2.24, 2.45) is 0 Å². The summed E-state index contributed by atoms with van der Waals surface area (Å²) in [6, 6.07) is 59.2. The Balaban J connectivity index is 1.16. The lowest BCUT2D eigenvalue weighted by Crippen LogP contribution is -2.10. The van der Waals surface area contributed by atoms with E-state index in [1.165, 1.54) is 12.1 Å². The molecule has 350 valence electrons. The molecule has 0 unspecified atom stereocenters. The van der Waals surface area contributed by atoms with Crippen LogP contribution in [-0.2, 0) is 12.4 Å². The van der Waals surface area contributed by atoms with Gasteiger partial charge in [-0.25, -0.2) is 15.0 Å². The predicted molar refractivity (Wildman–Crippen MR) is 275 cm³/mol. The number of nitrogens with zero attached hydrogens (tertiary/aromatic N) is 5. The molecule has 3 heterocycles. The Labute approximate surface area is 409 Å². The van der Waals surface area contributed by atoms with Crippen LogP contribution in [0.5, 0.6) is 0 Å². The topological polar surface area (TPSA) is 48.5 Å². The van der Waals surface area contributed by atoms with Crippen LogP contribution in [0.4, 0.5) is 26.3 Å². The van der Waals surface area contributed by atoms with Crippen LogP contribution in [0, 0.1) is 13.8 Å². The lowest BCUT2D eigenvalue weighted by Gasteiger charge is -2.19. The average molecular weight is 956 g/mol. The van der Waals surface area contributed by atoms with E-state index in [2.05, 4.69) is 0 Å². The Morgan fingerprint density at radius 2 is 0.694 bits per heavy atom. The fraction of sp³-hybridized carbons (Fsp3) is 0.0656. The van der Waals surface area contributed by atoms with Crippen molar-refractivity contribution >= 4 is 43.6 Å². The zero-order chi connectivity index (χ0) is 49.5. The van der Waals surface area contributed by atoms with E-state index in [4.69, 9.17) is 15.0 Å². The molecule has 0 aliphatic rings. The number of alkyl halides is 6. The van der Waals surface area contributed by atoms with E-state index in [0.29, 0.717) is 39.0 Å². The average Bonchev–Trinajstić information content (AvgIpc) is 3.90. The number of rotatable bonds is 7. The van der Waals surface area contributed by atoms with Gasteiger partial charge in [0.05, 0.1) is 44.6 Å². The summed E-state index contributed by atoms with van der Waals surface area (Å²) in [6.07, 6.45) is -9.57. The fourth-order valence-electron chi connectivity index (χ4n) is 9.82. The summed E-state index contributed by atoms with van der Waals surface area (Å²) in [5, 5.41) is 3.44. The number of hydrogen-bond donors (Lipinski definition) is 0. The first-order valence-electron chi connectivity index (χ1n) is 23.2. The molecular formula is C61H39F6N5. The number of fused-ring (bicyclic) bond motifs is 6. The molecule has 0 aliphatic heterocycles. The second-order valence-corrected chi connectivity index (χ2v) is 18.0. The molecule has 0 spiro atoms. The van der Waals surface area contributed by atoms with E-state index in [9.17, 15) is 0 Å². The highest BCUT2D eigenvalue weighted by atomic mass is 19.4. The van der Waals surface area contributed by atoms with Crippen molar-refractivity contribution in [1.82, 2.24) is 24.1 Å². The van der Waals surface area contributed by atoms with Crippen LogP contribution in [0.25, 0.3) is 111 Å². The van der Waals surface area contributed by atoms with E-state index in [1.807, 2.05) is 156 Å². The minimum Gasteiger partial charge on any atom is -0.308 e. The second kappa shape index (κ2) is 16.9. The maximum atomic E-state index is 15.0. The first-order valence-corrected chi connectivity index (χ1v) is 23.2. The summed E-state index contributed by atoms with van der Waals surface area (Å²) in [7, 11) is 0. The molecule has 3 aromatic heterocycles. The smallest absolute Gasteiger partial charge is 0.308 e. The van der Waals surface area contributed by atoms with Gasteiger partial charge in [0, 0.05) is 38.2 Å². The van der Waals surface area contributed by atoms with Crippen LogP contribution in [0.15, 0.2) is 200 Å². The van der Waals surface area contributed by atoms with Crippen molar-refractivity contribution in [3.8, 4) is 67.8 Å². The molecule has 0 saturated carbocycles. The number of benzene rings is 9. The van der Waals surface area contributed by atoms with Gasteiger partial charge in [-0.15, -0.1) is 0 Å². The maximum absolute atomic E-state index is 15.0. The quantitative estimate of drug-likeness (QED) is 0.150. The third-order valence-electron chi connectivity index (χ3n) is 13.4. The Bertz CT molecular complexity index is 3830. The number of hydrogen-bond acceptors (Lipinski definition) is 3. The Hall–Kier alpha value is -8.83. The molecule has 0 radical (unpaired) electrons. The first kappa shape index (κ1) is 44.4. The van der Waals surface area contributed by atoms with Gasteiger partial charge < -0.3 is 9.13 Å².